The molecule has 6 heteroatoms. The normalized spacial score (nSPS) is 10.2. The van der Waals surface area contributed by atoms with Gasteiger partial charge in [-0.3, -0.25) is 9.59 Å². The third-order valence-corrected chi connectivity index (χ3v) is 3.56. The van der Waals surface area contributed by atoms with Gasteiger partial charge in [-0.05, 0) is 35.4 Å². The maximum atomic E-state index is 12.1. The first-order valence-corrected chi connectivity index (χ1v) is 7.92. The number of carbonyl (C=O) groups excluding carboxylic acids is 2. The van der Waals surface area contributed by atoms with Crippen LogP contribution < -0.4 is 15.4 Å². The van der Waals surface area contributed by atoms with E-state index in [-0.39, 0.29) is 18.4 Å². The van der Waals surface area contributed by atoms with Crippen molar-refractivity contribution in [1.82, 2.24) is 10.6 Å². The number of hydrogen-bond donors (Lipinski definition) is 2. The van der Waals surface area contributed by atoms with Crippen LogP contribution in [0.4, 0.5) is 0 Å². The van der Waals surface area contributed by atoms with Crippen LogP contribution in [0.1, 0.15) is 10.4 Å². The Balaban J connectivity index is 1.88. The molecule has 6 nitrogen and oxygen atoms in total. The molecule has 0 saturated carbocycles. The molecule has 0 atom stereocenters. The van der Waals surface area contributed by atoms with Gasteiger partial charge in [0.1, 0.15) is 12.4 Å². The monoisotopic (exact) mass is 342 g/mol. The van der Waals surface area contributed by atoms with Gasteiger partial charge in [-0.15, -0.1) is 0 Å². The number of benzene rings is 2. The van der Waals surface area contributed by atoms with Crippen LogP contribution in [0.3, 0.4) is 0 Å². The summed E-state index contributed by atoms with van der Waals surface area (Å²) in [6.07, 6.45) is 0. The quantitative estimate of drug-likeness (QED) is 0.718. The lowest BCUT2D eigenvalue weighted by molar-refractivity contribution is -0.124. The highest BCUT2D eigenvalue weighted by Crippen LogP contribution is 2.23. The molecule has 2 aromatic rings. The van der Waals surface area contributed by atoms with Crippen molar-refractivity contribution < 1.29 is 19.1 Å². The second-order valence-corrected chi connectivity index (χ2v) is 5.35. The summed E-state index contributed by atoms with van der Waals surface area (Å²) in [5, 5.41) is 5.40. The van der Waals surface area contributed by atoms with Gasteiger partial charge in [-0.2, -0.15) is 0 Å². The Morgan fingerprint density at radius 2 is 1.64 bits per heavy atom. The fraction of sp³-hybridized carbons (Fsp3) is 0.263. The molecule has 132 valence electrons. The van der Waals surface area contributed by atoms with E-state index in [0.717, 1.165) is 16.9 Å². The first-order chi connectivity index (χ1) is 12.1. The number of methoxy groups -OCH3 is 2. The van der Waals surface area contributed by atoms with Gasteiger partial charge in [-0.25, -0.2) is 0 Å². The Labute approximate surface area is 147 Å². The highest BCUT2D eigenvalue weighted by Gasteiger charge is 2.06. The molecule has 0 heterocycles. The van der Waals surface area contributed by atoms with Crippen LogP contribution in [0, 0.1) is 0 Å². The predicted molar refractivity (Wildman–Crippen MR) is 95.6 cm³/mol. The Morgan fingerprint density at radius 1 is 0.920 bits per heavy atom. The summed E-state index contributed by atoms with van der Waals surface area (Å²) in [6, 6.07) is 15.1. The van der Waals surface area contributed by atoms with Crippen LogP contribution in [0.25, 0.3) is 11.1 Å². The molecule has 0 radical (unpaired) electrons. The second kappa shape index (κ2) is 9.44. The minimum absolute atomic E-state index is 0.0136. The molecule has 0 unspecified atom stereocenters. The lowest BCUT2D eigenvalue weighted by Gasteiger charge is -2.08. The Hall–Kier alpha value is -2.86. The molecule has 2 N–H and O–H groups in total. The van der Waals surface area contributed by atoms with Crippen molar-refractivity contribution >= 4 is 11.8 Å². The molecular formula is C19H22N2O4. The van der Waals surface area contributed by atoms with Crippen LogP contribution in [0.15, 0.2) is 48.5 Å². The minimum atomic E-state index is -0.209. The maximum Gasteiger partial charge on any atom is 0.251 e. The van der Waals surface area contributed by atoms with Gasteiger partial charge in [0.2, 0.25) is 5.91 Å². The molecule has 0 spiro atoms. The van der Waals surface area contributed by atoms with E-state index in [0.29, 0.717) is 18.7 Å². The maximum absolute atomic E-state index is 12.1. The summed E-state index contributed by atoms with van der Waals surface area (Å²) in [7, 11) is 3.08. The van der Waals surface area contributed by atoms with Gasteiger partial charge in [-0.1, -0.05) is 24.3 Å². The van der Waals surface area contributed by atoms with E-state index in [9.17, 15) is 9.59 Å². The number of amides is 2. The number of ether oxygens (including phenoxy) is 2. The molecule has 0 aliphatic rings. The van der Waals surface area contributed by atoms with Crippen LogP contribution in [0.5, 0.6) is 5.75 Å². The molecule has 2 amide bonds. The highest BCUT2D eigenvalue weighted by atomic mass is 16.5. The van der Waals surface area contributed by atoms with Crippen molar-refractivity contribution in [2.45, 2.75) is 0 Å². The van der Waals surface area contributed by atoms with Gasteiger partial charge >= 0.3 is 0 Å². The largest absolute Gasteiger partial charge is 0.497 e. The summed E-state index contributed by atoms with van der Waals surface area (Å²) in [4.78, 5) is 23.3. The van der Waals surface area contributed by atoms with E-state index in [1.54, 1.807) is 19.2 Å². The van der Waals surface area contributed by atoms with Gasteiger partial charge in [0.15, 0.2) is 0 Å². The van der Waals surface area contributed by atoms with Gasteiger partial charge < -0.3 is 20.1 Å². The average molecular weight is 342 g/mol. The average Bonchev–Trinajstić information content (AvgIpc) is 2.65. The molecule has 0 saturated heterocycles. The van der Waals surface area contributed by atoms with E-state index in [2.05, 4.69) is 10.6 Å². The van der Waals surface area contributed by atoms with Crippen molar-refractivity contribution in [2.24, 2.45) is 0 Å². The number of carbonyl (C=O) groups is 2. The predicted octanol–water partition coefficient (Wildman–Crippen LogP) is 1.85. The van der Waals surface area contributed by atoms with E-state index < -0.39 is 0 Å². The fourth-order valence-electron chi connectivity index (χ4n) is 2.28. The smallest absolute Gasteiger partial charge is 0.251 e. The number of hydrogen-bond acceptors (Lipinski definition) is 4. The second-order valence-electron chi connectivity index (χ2n) is 5.35. The van der Waals surface area contributed by atoms with E-state index >= 15 is 0 Å². The Bertz CT molecular complexity index is 714. The van der Waals surface area contributed by atoms with E-state index in [1.807, 2.05) is 36.4 Å². The van der Waals surface area contributed by atoms with Crippen LogP contribution in [0.2, 0.25) is 0 Å². The molecule has 2 aromatic carbocycles. The molecule has 0 aliphatic heterocycles. The Morgan fingerprint density at radius 3 is 2.32 bits per heavy atom. The summed E-state index contributed by atoms with van der Waals surface area (Å²) in [5.74, 6) is 0.396. The standard InChI is InChI=1S/C19H22N2O4/c1-24-13-18(22)20-10-11-21-19(23)15-8-6-14(7-9-15)16-4-3-5-17(12-16)25-2/h3-9,12H,10-11,13H2,1-2H3,(H,20,22)(H,21,23). The lowest BCUT2D eigenvalue weighted by Crippen LogP contribution is -2.36. The van der Waals surface area contributed by atoms with E-state index in [1.165, 1.54) is 7.11 Å². The van der Waals surface area contributed by atoms with E-state index in [4.69, 9.17) is 9.47 Å². The lowest BCUT2D eigenvalue weighted by atomic mass is 10.0. The number of rotatable bonds is 8. The zero-order valence-electron chi connectivity index (χ0n) is 14.4. The van der Waals surface area contributed by atoms with Crippen molar-refractivity contribution in [3.63, 3.8) is 0 Å². The van der Waals surface area contributed by atoms with Crippen molar-refractivity contribution in [2.75, 3.05) is 33.9 Å². The first-order valence-electron chi connectivity index (χ1n) is 7.92. The topological polar surface area (TPSA) is 76.7 Å². The molecular weight excluding hydrogens is 320 g/mol. The summed E-state index contributed by atoms with van der Waals surface area (Å²) >= 11 is 0. The third kappa shape index (κ3) is 5.61. The van der Waals surface area contributed by atoms with Crippen molar-refractivity contribution in [3.05, 3.63) is 54.1 Å². The van der Waals surface area contributed by atoms with Gasteiger partial charge in [0.05, 0.1) is 7.11 Å². The van der Waals surface area contributed by atoms with Crippen LogP contribution in [-0.4, -0.2) is 45.7 Å². The van der Waals surface area contributed by atoms with Gasteiger partial charge in [0.25, 0.3) is 5.91 Å². The molecule has 0 aliphatic carbocycles. The fourth-order valence-corrected chi connectivity index (χ4v) is 2.28. The molecule has 25 heavy (non-hydrogen) atoms. The molecule has 0 fully saturated rings. The van der Waals surface area contributed by atoms with Crippen LogP contribution >= 0.6 is 0 Å². The highest BCUT2D eigenvalue weighted by molar-refractivity contribution is 5.94. The SMILES string of the molecule is COCC(=O)NCCNC(=O)c1ccc(-c2cccc(OC)c2)cc1. The zero-order valence-corrected chi connectivity index (χ0v) is 14.4. The minimum Gasteiger partial charge on any atom is -0.497 e. The molecule has 0 aromatic heterocycles. The summed E-state index contributed by atoms with van der Waals surface area (Å²) in [5.41, 5.74) is 2.59. The number of nitrogens with one attached hydrogen (secondary N) is 2. The van der Waals surface area contributed by atoms with Crippen molar-refractivity contribution in [3.8, 4) is 16.9 Å². The molecule has 2 rings (SSSR count). The van der Waals surface area contributed by atoms with Gasteiger partial charge in [0, 0.05) is 25.8 Å². The molecule has 0 bridgehead atoms. The van der Waals surface area contributed by atoms with Crippen LogP contribution in [-0.2, 0) is 9.53 Å². The van der Waals surface area contributed by atoms with Crippen molar-refractivity contribution in [1.29, 1.82) is 0 Å². The Kier molecular flexibility index (Phi) is 6.98. The zero-order chi connectivity index (χ0) is 18.1. The first kappa shape index (κ1) is 18.5. The third-order valence-electron chi connectivity index (χ3n) is 3.56. The summed E-state index contributed by atoms with van der Waals surface area (Å²) in [6.45, 7) is 0.724. The summed E-state index contributed by atoms with van der Waals surface area (Å²) < 4.78 is 9.93.